The largest absolute Gasteiger partial charge is 0.412 e. The predicted octanol–water partition coefficient (Wildman–Crippen LogP) is 3.41. The van der Waals surface area contributed by atoms with Crippen LogP contribution in [0.3, 0.4) is 0 Å². The zero-order valence-electron chi connectivity index (χ0n) is 14.5. The summed E-state index contributed by atoms with van der Waals surface area (Å²) >= 11 is 1.63. The Labute approximate surface area is 153 Å². The SMILES string of the molecule is CCc1cc2c(N3CCN(C(=O)C=C(C)C(F)(F)F)CC3)ncnc2s1. The number of thiophene rings is 1. The third kappa shape index (κ3) is 3.82. The van der Waals surface area contributed by atoms with Crippen molar-refractivity contribution in [3.05, 3.63) is 28.9 Å². The lowest BCUT2D eigenvalue weighted by atomic mass is 10.2. The molecule has 1 fully saturated rings. The van der Waals surface area contributed by atoms with E-state index in [-0.39, 0.29) is 0 Å². The molecule has 1 aliphatic heterocycles. The molecular weight excluding hydrogens is 365 g/mol. The lowest BCUT2D eigenvalue weighted by Gasteiger charge is -2.35. The summed E-state index contributed by atoms with van der Waals surface area (Å²) in [5.41, 5.74) is -0.882. The van der Waals surface area contributed by atoms with Crippen LogP contribution in [0.2, 0.25) is 0 Å². The molecule has 0 saturated carbocycles. The fourth-order valence-corrected chi connectivity index (χ4v) is 3.75. The van der Waals surface area contributed by atoms with E-state index in [9.17, 15) is 18.0 Å². The lowest BCUT2D eigenvalue weighted by Crippen LogP contribution is -2.48. The number of allylic oxidation sites excluding steroid dienone is 1. The third-order valence-corrected chi connectivity index (χ3v) is 5.57. The summed E-state index contributed by atoms with van der Waals surface area (Å²) in [4.78, 5) is 26.4. The molecule has 1 saturated heterocycles. The topological polar surface area (TPSA) is 49.3 Å². The Morgan fingerprint density at radius 3 is 2.58 bits per heavy atom. The van der Waals surface area contributed by atoms with Gasteiger partial charge in [0, 0.05) is 42.7 Å². The van der Waals surface area contributed by atoms with Crippen LogP contribution in [-0.4, -0.2) is 53.1 Å². The number of hydrogen-bond acceptors (Lipinski definition) is 5. The van der Waals surface area contributed by atoms with E-state index in [2.05, 4.69) is 27.9 Å². The number of anilines is 1. The van der Waals surface area contributed by atoms with E-state index in [1.807, 2.05) is 0 Å². The van der Waals surface area contributed by atoms with Crippen LogP contribution < -0.4 is 4.90 Å². The van der Waals surface area contributed by atoms with Gasteiger partial charge >= 0.3 is 6.18 Å². The molecule has 1 amide bonds. The number of alkyl halides is 3. The fourth-order valence-electron chi connectivity index (χ4n) is 2.82. The number of carbonyl (C=O) groups is 1. The average Bonchev–Trinajstić information content (AvgIpc) is 3.04. The number of carbonyl (C=O) groups excluding carboxylic acids is 1. The standard InChI is InChI=1S/C17H19F3N4OS/c1-3-12-9-13-15(21-10-22-16(13)26-12)24-6-4-23(5-7-24)14(25)8-11(2)17(18,19)20/h8-10H,3-7H2,1-2H3. The van der Waals surface area contributed by atoms with Crippen LogP contribution in [0.5, 0.6) is 0 Å². The minimum absolute atomic E-state index is 0.358. The van der Waals surface area contributed by atoms with E-state index in [0.29, 0.717) is 32.3 Å². The van der Waals surface area contributed by atoms with Crippen LogP contribution in [0, 0.1) is 0 Å². The minimum atomic E-state index is -4.47. The van der Waals surface area contributed by atoms with Gasteiger partial charge in [0.2, 0.25) is 5.91 Å². The summed E-state index contributed by atoms with van der Waals surface area (Å²) in [6.45, 7) is 4.75. The number of aryl methyl sites for hydroxylation is 1. The first-order valence-electron chi connectivity index (χ1n) is 8.32. The van der Waals surface area contributed by atoms with Crippen molar-refractivity contribution in [2.24, 2.45) is 0 Å². The number of aromatic nitrogens is 2. The molecule has 3 rings (SSSR count). The molecule has 9 heteroatoms. The highest BCUT2D eigenvalue weighted by molar-refractivity contribution is 7.18. The molecule has 2 aromatic rings. The lowest BCUT2D eigenvalue weighted by molar-refractivity contribution is -0.127. The molecule has 26 heavy (non-hydrogen) atoms. The van der Waals surface area contributed by atoms with Crippen molar-refractivity contribution in [3.8, 4) is 0 Å². The second kappa shape index (κ2) is 7.22. The molecule has 140 valence electrons. The van der Waals surface area contributed by atoms with Gasteiger partial charge in [0.05, 0.1) is 5.39 Å². The predicted molar refractivity (Wildman–Crippen MR) is 95.4 cm³/mol. The number of nitrogens with zero attached hydrogens (tertiary/aromatic N) is 4. The van der Waals surface area contributed by atoms with Crippen molar-refractivity contribution in [3.63, 3.8) is 0 Å². The Kier molecular flexibility index (Phi) is 5.17. The first-order chi connectivity index (χ1) is 12.3. The molecular formula is C17H19F3N4OS. The highest BCUT2D eigenvalue weighted by Crippen LogP contribution is 2.31. The van der Waals surface area contributed by atoms with Crippen molar-refractivity contribution in [2.75, 3.05) is 31.1 Å². The van der Waals surface area contributed by atoms with Gasteiger partial charge in [-0.25, -0.2) is 9.97 Å². The summed E-state index contributed by atoms with van der Waals surface area (Å²) in [5, 5.41) is 0.988. The highest BCUT2D eigenvalue weighted by Gasteiger charge is 2.31. The van der Waals surface area contributed by atoms with Gasteiger partial charge in [-0.2, -0.15) is 13.2 Å². The zero-order valence-corrected chi connectivity index (χ0v) is 15.3. The van der Waals surface area contributed by atoms with Crippen LogP contribution >= 0.6 is 11.3 Å². The Hall–Kier alpha value is -2.16. The molecule has 0 bridgehead atoms. The van der Waals surface area contributed by atoms with Gasteiger partial charge < -0.3 is 9.80 Å². The molecule has 0 aliphatic carbocycles. The van der Waals surface area contributed by atoms with Gasteiger partial charge in [0.25, 0.3) is 0 Å². The summed E-state index contributed by atoms with van der Waals surface area (Å²) in [6.07, 6.45) is -1.35. The second-order valence-corrected chi connectivity index (χ2v) is 7.24. The summed E-state index contributed by atoms with van der Waals surface area (Å²) in [5.74, 6) is 0.219. The van der Waals surface area contributed by atoms with Gasteiger partial charge in [-0.1, -0.05) is 6.92 Å². The Morgan fingerprint density at radius 1 is 1.27 bits per heavy atom. The molecule has 2 aromatic heterocycles. The normalized spacial score (nSPS) is 16.4. The van der Waals surface area contributed by atoms with E-state index in [1.165, 1.54) is 16.1 Å². The molecule has 0 atom stereocenters. The third-order valence-electron chi connectivity index (χ3n) is 4.39. The van der Waals surface area contributed by atoms with Crippen LogP contribution in [0.4, 0.5) is 19.0 Å². The van der Waals surface area contributed by atoms with Crippen LogP contribution in [-0.2, 0) is 11.2 Å². The van der Waals surface area contributed by atoms with E-state index >= 15 is 0 Å². The van der Waals surface area contributed by atoms with Gasteiger partial charge in [0.1, 0.15) is 17.0 Å². The number of halogens is 3. The molecule has 0 N–H and O–H groups in total. The summed E-state index contributed by atoms with van der Waals surface area (Å²) in [6, 6.07) is 2.09. The van der Waals surface area contributed by atoms with Gasteiger partial charge in [-0.3, -0.25) is 4.79 Å². The number of piperazine rings is 1. The molecule has 3 heterocycles. The van der Waals surface area contributed by atoms with Crippen molar-refractivity contribution < 1.29 is 18.0 Å². The van der Waals surface area contributed by atoms with Crippen molar-refractivity contribution >= 4 is 33.3 Å². The quantitative estimate of drug-likeness (QED) is 0.761. The number of amides is 1. The van der Waals surface area contributed by atoms with E-state index < -0.39 is 17.7 Å². The van der Waals surface area contributed by atoms with E-state index in [0.717, 1.165) is 29.4 Å². The maximum absolute atomic E-state index is 12.6. The molecule has 0 radical (unpaired) electrons. The van der Waals surface area contributed by atoms with Crippen LogP contribution in [0.25, 0.3) is 10.2 Å². The summed E-state index contributed by atoms with van der Waals surface area (Å²) < 4.78 is 37.7. The van der Waals surface area contributed by atoms with Crippen molar-refractivity contribution in [1.29, 1.82) is 0 Å². The molecule has 5 nitrogen and oxygen atoms in total. The minimum Gasteiger partial charge on any atom is -0.352 e. The highest BCUT2D eigenvalue weighted by atomic mass is 32.1. The van der Waals surface area contributed by atoms with Crippen molar-refractivity contribution in [1.82, 2.24) is 14.9 Å². The molecule has 0 aromatic carbocycles. The monoisotopic (exact) mass is 384 g/mol. The maximum atomic E-state index is 12.6. The van der Waals surface area contributed by atoms with Gasteiger partial charge in [-0.15, -0.1) is 11.3 Å². The Bertz CT molecular complexity index is 838. The first-order valence-corrected chi connectivity index (χ1v) is 9.14. The fraction of sp³-hybridized carbons (Fsp3) is 0.471. The Morgan fingerprint density at radius 2 is 1.96 bits per heavy atom. The Balaban J connectivity index is 1.71. The number of hydrogen-bond donors (Lipinski definition) is 0. The number of fused-ring (bicyclic) bond motifs is 1. The average molecular weight is 384 g/mol. The zero-order chi connectivity index (χ0) is 18.9. The second-order valence-electron chi connectivity index (χ2n) is 6.12. The van der Waals surface area contributed by atoms with E-state index in [1.54, 1.807) is 11.3 Å². The molecule has 1 aliphatic rings. The number of rotatable bonds is 3. The maximum Gasteiger partial charge on any atom is 0.412 e. The van der Waals surface area contributed by atoms with Crippen molar-refractivity contribution in [2.45, 2.75) is 26.4 Å². The van der Waals surface area contributed by atoms with Gasteiger partial charge in [0.15, 0.2) is 0 Å². The van der Waals surface area contributed by atoms with Crippen LogP contribution in [0.15, 0.2) is 24.0 Å². The van der Waals surface area contributed by atoms with E-state index in [4.69, 9.17) is 0 Å². The van der Waals surface area contributed by atoms with Crippen LogP contribution in [0.1, 0.15) is 18.7 Å². The molecule has 0 unspecified atom stereocenters. The van der Waals surface area contributed by atoms with Gasteiger partial charge in [-0.05, 0) is 19.4 Å². The smallest absolute Gasteiger partial charge is 0.352 e. The first kappa shape index (κ1) is 18.6. The molecule has 0 spiro atoms. The summed E-state index contributed by atoms with van der Waals surface area (Å²) in [7, 11) is 0.